The van der Waals surface area contributed by atoms with E-state index in [1.165, 1.54) is 23.1 Å². The molecule has 7 nitrogen and oxygen atoms in total. The van der Waals surface area contributed by atoms with Crippen molar-refractivity contribution in [3.63, 3.8) is 0 Å². The molecule has 134 valence electrons. The first-order chi connectivity index (χ1) is 12.0. The smallest absolute Gasteiger partial charge is 0.319 e. The lowest BCUT2D eigenvalue weighted by Gasteiger charge is -2.08. The first-order valence-electron chi connectivity index (χ1n) is 7.75. The van der Waals surface area contributed by atoms with Crippen LogP contribution >= 0.6 is 23.1 Å². The second-order valence-electron chi connectivity index (χ2n) is 4.77. The molecule has 1 heterocycles. The van der Waals surface area contributed by atoms with Gasteiger partial charge in [-0.25, -0.2) is 0 Å². The van der Waals surface area contributed by atoms with Crippen molar-refractivity contribution >= 4 is 40.1 Å². The molecule has 0 spiro atoms. The third-order valence-corrected chi connectivity index (χ3v) is 4.96. The Labute approximate surface area is 154 Å². The van der Waals surface area contributed by atoms with Crippen molar-refractivity contribution in [1.29, 1.82) is 0 Å². The van der Waals surface area contributed by atoms with E-state index in [2.05, 4.69) is 15.5 Å². The van der Waals surface area contributed by atoms with Gasteiger partial charge in [-0.15, -0.1) is 10.2 Å². The molecule has 1 atom stereocenters. The number of hydrogen-bond acceptors (Lipinski definition) is 8. The van der Waals surface area contributed by atoms with Crippen molar-refractivity contribution in [3.05, 3.63) is 29.8 Å². The molecule has 1 N–H and O–H groups in total. The lowest BCUT2D eigenvalue weighted by atomic mass is 10.2. The van der Waals surface area contributed by atoms with Gasteiger partial charge in [-0.3, -0.25) is 14.9 Å². The summed E-state index contributed by atoms with van der Waals surface area (Å²) in [5.74, 6) is -0.119. The fraction of sp³-hybridized carbons (Fsp3) is 0.375. The van der Waals surface area contributed by atoms with E-state index < -0.39 is 5.25 Å². The zero-order valence-corrected chi connectivity index (χ0v) is 15.8. The summed E-state index contributed by atoms with van der Waals surface area (Å²) in [4.78, 5) is 24.0. The molecular weight excluding hydrogens is 362 g/mol. The number of anilines is 1. The Bertz CT molecular complexity index is 736. The first-order valence-corrected chi connectivity index (χ1v) is 9.44. The van der Waals surface area contributed by atoms with Crippen molar-refractivity contribution in [2.24, 2.45) is 0 Å². The Hall–Kier alpha value is -2.13. The molecule has 0 aliphatic rings. The van der Waals surface area contributed by atoms with E-state index in [9.17, 15) is 9.59 Å². The Morgan fingerprint density at radius 2 is 2.00 bits per heavy atom. The summed E-state index contributed by atoms with van der Waals surface area (Å²) in [5, 5.41) is 10.6. The standard InChI is InChI=1S/C16H19N3O4S2/c1-4-22-12-9-7-6-8-11(12)13(20)17-15-18-19-16(25-15)24-10(3)14(21)23-5-2/h6-10H,4-5H2,1-3H3,(H,17,18,20)/t10-/m1/s1. The van der Waals surface area contributed by atoms with E-state index >= 15 is 0 Å². The number of amides is 1. The number of thioether (sulfide) groups is 1. The summed E-state index contributed by atoms with van der Waals surface area (Å²) in [5.41, 5.74) is 0.425. The normalized spacial score (nSPS) is 11.6. The Morgan fingerprint density at radius 1 is 1.24 bits per heavy atom. The van der Waals surface area contributed by atoms with Gasteiger partial charge in [-0.2, -0.15) is 0 Å². The van der Waals surface area contributed by atoms with E-state index in [-0.39, 0.29) is 11.9 Å². The van der Waals surface area contributed by atoms with Gasteiger partial charge in [0.1, 0.15) is 11.0 Å². The number of carbonyl (C=O) groups excluding carboxylic acids is 2. The third kappa shape index (κ3) is 5.43. The van der Waals surface area contributed by atoms with Crippen LogP contribution in [-0.2, 0) is 9.53 Å². The number of aromatic nitrogens is 2. The SMILES string of the molecule is CCOC(=O)[C@@H](C)Sc1nnc(NC(=O)c2ccccc2OCC)s1. The van der Waals surface area contributed by atoms with Crippen molar-refractivity contribution in [2.75, 3.05) is 18.5 Å². The first kappa shape index (κ1) is 19.2. The van der Waals surface area contributed by atoms with Gasteiger partial charge in [0.25, 0.3) is 5.91 Å². The molecule has 0 radical (unpaired) electrons. The maximum Gasteiger partial charge on any atom is 0.319 e. The van der Waals surface area contributed by atoms with E-state index in [0.29, 0.717) is 34.0 Å². The molecule has 0 fully saturated rings. The molecule has 1 aromatic heterocycles. The molecule has 0 bridgehead atoms. The summed E-state index contributed by atoms with van der Waals surface area (Å²) in [6.07, 6.45) is 0. The largest absolute Gasteiger partial charge is 0.493 e. The van der Waals surface area contributed by atoms with E-state index in [0.717, 1.165) is 0 Å². The third-order valence-electron chi connectivity index (χ3n) is 2.95. The number of benzene rings is 1. The molecule has 2 aromatic rings. The van der Waals surface area contributed by atoms with Gasteiger partial charge in [-0.05, 0) is 32.9 Å². The second kappa shape index (κ2) is 9.38. The number of nitrogens with zero attached hydrogens (tertiary/aromatic N) is 2. The van der Waals surface area contributed by atoms with Crippen LogP contribution in [0.2, 0.25) is 0 Å². The van der Waals surface area contributed by atoms with E-state index in [4.69, 9.17) is 9.47 Å². The Morgan fingerprint density at radius 3 is 2.72 bits per heavy atom. The summed E-state index contributed by atoms with van der Waals surface area (Å²) in [6, 6.07) is 6.98. The highest BCUT2D eigenvalue weighted by molar-refractivity contribution is 8.02. The maximum absolute atomic E-state index is 12.4. The molecule has 0 aliphatic heterocycles. The van der Waals surface area contributed by atoms with Gasteiger partial charge in [0.15, 0.2) is 4.34 Å². The fourth-order valence-corrected chi connectivity index (χ4v) is 3.76. The molecule has 0 saturated carbocycles. The minimum Gasteiger partial charge on any atom is -0.493 e. The number of carbonyl (C=O) groups is 2. The molecular formula is C16H19N3O4S2. The molecule has 0 unspecified atom stereocenters. The lowest BCUT2D eigenvalue weighted by Crippen LogP contribution is -2.16. The molecule has 1 aromatic carbocycles. The minimum atomic E-state index is -0.393. The number of para-hydroxylation sites is 1. The minimum absolute atomic E-state index is 0.307. The van der Waals surface area contributed by atoms with Gasteiger partial charge in [0, 0.05) is 0 Å². The Balaban J connectivity index is 2.01. The summed E-state index contributed by atoms with van der Waals surface area (Å²) >= 11 is 2.44. The number of esters is 1. The lowest BCUT2D eigenvalue weighted by molar-refractivity contribution is -0.142. The van der Waals surface area contributed by atoms with E-state index in [1.807, 2.05) is 6.92 Å². The fourth-order valence-electron chi connectivity index (χ4n) is 1.87. The molecule has 9 heteroatoms. The molecule has 1 amide bonds. The maximum atomic E-state index is 12.4. The van der Waals surface area contributed by atoms with Gasteiger partial charge in [0.2, 0.25) is 5.13 Å². The van der Waals surface area contributed by atoms with Crippen molar-refractivity contribution in [1.82, 2.24) is 10.2 Å². The van der Waals surface area contributed by atoms with Crippen LogP contribution in [0.4, 0.5) is 5.13 Å². The van der Waals surface area contributed by atoms with Gasteiger partial charge in [-0.1, -0.05) is 35.2 Å². The highest BCUT2D eigenvalue weighted by Gasteiger charge is 2.19. The van der Waals surface area contributed by atoms with Gasteiger partial charge < -0.3 is 9.47 Å². The van der Waals surface area contributed by atoms with Crippen LogP contribution in [0.1, 0.15) is 31.1 Å². The predicted molar refractivity (Wildman–Crippen MR) is 97.4 cm³/mol. The van der Waals surface area contributed by atoms with Crippen LogP contribution in [0.3, 0.4) is 0 Å². The van der Waals surface area contributed by atoms with Crippen molar-refractivity contribution in [3.8, 4) is 5.75 Å². The molecule has 25 heavy (non-hydrogen) atoms. The zero-order chi connectivity index (χ0) is 18.2. The molecule has 2 rings (SSSR count). The average molecular weight is 381 g/mol. The quantitative estimate of drug-likeness (QED) is 0.426. The van der Waals surface area contributed by atoms with Crippen LogP contribution in [-0.4, -0.2) is 40.5 Å². The van der Waals surface area contributed by atoms with Crippen LogP contribution < -0.4 is 10.1 Å². The molecule has 0 aliphatic carbocycles. The number of nitrogens with one attached hydrogen (secondary N) is 1. The van der Waals surface area contributed by atoms with Crippen LogP contribution in [0.25, 0.3) is 0 Å². The van der Waals surface area contributed by atoms with E-state index in [1.54, 1.807) is 38.1 Å². The number of ether oxygens (including phenoxy) is 2. The van der Waals surface area contributed by atoms with Crippen LogP contribution in [0, 0.1) is 0 Å². The predicted octanol–water partition coefficient (Wildman–Crippen LogP) is 3.23. The highest BCUT2D eigenvalue weighted by atomic mass is 32.2. The molecule has 0 saturated heterocycles. The number of hydrogen-bond donors (Lipinski definition) is 1. The van der Waals surface area contributed by atoms with Gasteiger partial charge in [0.05, 0.1) is 18.8 Å². The van der Waals surface area contributed by atoms with Gasteiger partial charge >= 0.3 is 5.97 Å². The summed E-state index contributed by atoms with van der Waals surface area (Å²) < 4.78 is 11.0. The zero-order valence-electron chi connectivity index (χ0n) is 14.1. The van der Waals surface area contributed by atoms with Crippen LogP contribution in [0.15, 0.2) is 28.6 Å². The second-order valence-corrected chi connectivity index (χ2v) is 7.33. The number of rotatable bonds is 8. The summed E-state index contributed by atoms with van der Waals surface area (Å²) in [7, 11) is 0. The topological polar surface area (TPSA) is 90.4 Å². The van der Waals surface area contributed by atoms with Crippen molar-refractivity contribution < 1.29 is 19.1 Å². The monoisotopic (exact) mass is 381 g/mol. The summed E-state index contributed by atoms with van der Waals surface area (Å²) in [6.45, 7) is 6.15. The average Bonchev–Trinajstić information content (AvgIpc) is 3.02. The Kier molecular flexibility index (Phi) is 7.20. The van der Waals surface area contributed by atoms with Crippen molar-refractivity contribution in [2.45, 2.75) is 30.4 Å². The van der Waals surface area contributed by atoms with Crippen LogP contribution in [0.5, 0.6) is 5.75 Å². The highest BCUT2D eigenvalue weighted by Crippen LogP contribution is 2.30.